The molecule has 0 aliphatic carbocycles. The van der Waals surface area contributed by atoms with Crippen LogP contribution in [0.5, 0.6) is 0 Å². The van der Waals surface area contributed by atoms with Gasteiger partial charge in [-0.15, -0.1) is 0 Å². The maximum Gasteiger partial charge on any atom is 0.0615 e. The van der Waals surface area contributed by atoms with Crippen LogP contribution in [0.1, 0.15) is 31.9 Å². The minimum Gasteiger partial charge on any atom is -0.383 e. The number of nitrogens with zero attached hydrogens (tertiary/aromatic N) is 1. The molecule has 0 bridgehead atoms. The molecule has 108 valence electrons. The van der Waals surface area contributed by atoms with Gasteiger partial charge in [-0.25, -0.2) is 0 Å². The van der Waals surface area contributed by atoms with Crippen molar-refractivity contribution in [3.8, 4) is 0 Å². The van der Waals surface area contributed by atoms with Gasteiger partial charge in [-0.05, 0) is 31.1 Å². The van der Waals surface area contributed by atoms with Crippen LogP contribution in [-0.2, 0) is 17.8 Å². The lowest BCUT2D eigenvalue weighted by molar-refractivity contribution is 0.0980. The number of hydrogen-bond donors (Lipinski definition) is 1. The molecule has 0 aromatic heterocycles. The van der Waals surface area contributed by atoms with Crippen LogP contribution < -0.4 is 5.32 Å². The van der Waals surface area contributed by atoms with Gasteiger partial charge in [0.25, 0.3) is 0 Å². The fourth-order valence-electron chi connectivity index (χ4n) is 2.29. The monoisotopic (exact) mass is 264 g/mol. The Balaban J connectivity index is 2.72. The van der Waals surface area contributed by atoms with E-state index in [9.17, 15) is 0 Å². The van der Waals surface area contributed by atoms with Crippen molar-refractivity contribution in [2.75, 3.05) is 26.8 Å². The molecule has 1 rings (SSSR count). The van der Waals surface area contributed by atoms with Crippen molar-refractivity contribution < 1.29 is 4.74 Å². The highest BCUT2D eigenvalue weighted by atomic mass is 16.5. The third-order valence-corrected chi connectivity index (χ3v) is 3.49. The first kappa shape index (κ1) is 16.2. The van der Waals surface area contributed by atoms with Gasteiger partial charge in [-0.2, -0.15) is 0 Å². The van der Waals surface area contributed by atoms with Crippen molar-refractivity contribution >= 4 is 0 Å². The SMILES string of the molecule is CCNCc1ccccc1CN(CC)C(C)COC. The average Bonchev–Trinajstić information content (AvgIpc) is 2.43. The van der Waals surface area contributed by atoms with Crippen molar-refractivity contribution in [3.05, 3.63) is 35.4 Å². The normalized spacial score (nSPS) is 12.9. The molecule has 0 radical (unpaired) electrons. The predicted octanol–water partition coefficient (Wildman–Crippen LogP) is 2.65. The quantitative estimate of drug-likeness (QED) is 0.742. The van der Waals surface area contributed by atoms with Gasteiger partial charge >= 0.3 is 0 Å². The van der Waals surface area contributed by atoms with Crippen LogP contribution in [0.2, 0.25) is 0 Å². The topological polar surface area (TPSA) is 24.5 Å². The van der Waals surface area contributed by atoms with Crippen LogP contribution in [-0.4, -0.2) is 37.7 Å². The highest BCUT2D eigenvalue weighted by Gasteiger charge is 2.13. The van der Waals surface area contributed by atoms with Gasteiger partial charge in [0, 0.05) is 26.2 Å². The summed E-state index contributed by atoms with van der Waals surface area (Å²) < 4.78 is 5.27. The standard InChI is InChI=1S/C16H28N2O/c1-5-17-11-15-9-7-8-10-16(15)12-18(6-2)14(3)13-19-4/h7-10,14,17H,5-6,11-13H2,1-4H3. The number of likely N-dealkylation sites (N-methyl/N-ethyl adjacent to an activating group) is 1. The zero-order valence-electron chi connectivity index (χ0n) is 12.8. The third-order valence-electron chi connectivity index (χ3n) is 3.49. The smallest absolute Gasteiger partial charge is 0.0615 e. The Labute approximate surface area is 118 Å². The molecule has 0 aliphatic heterocycles. The van der Waals surface area contributed by atoms with Gasteiger partial charge in [0.15, 0.2) is 0 Å². The molecular weight excluding hydrogens is 236 g/mol. The third kappa shape index (κ3) is 5.31. The second kappa shape index (κ2) is 9.08. The number of ether oxygens (including phenoxy) is 1. The Hall–Kier alpha value is -0.900. The molecule has 3 nitrogen and oxygen atoms in total. The van der Waals surface area contributed by atoms with Gasteiger partial charge in [0.05, 0.1) is 6.61 Å². The van der Waals surface area contributed by atoms with E-state index in [0.717, 1.165) is 32.8 Å². The highest BCUT2D eigenvalue weighted by Crippen LogP contribution is 2.13. The van der Waals surface area contributed by atoms with E-state index in [2.05, 4.69) is 55.3 Å². The maximum absolute atomic E-state index is 5.27. The summed E-state index contributed by atoms with van der Waals surface area (Å²) in [5, 5.41) is 3.41. The number of nitrogens with one attached hydrogen (secondary N) is 1. The molecule has 0 fully saturated rings. The molecular formula is C16H28N2O. The molecule has 1 aromatic carbocycles. The molecule has 1 unspecified atom stereocenters. The Morgan fingerprint density at radius 3 is 2.47 bits per heavy atom. The summed E-state index contributed by atoms with van der Waals surface area (Å²) in [6.07, 6.45) is 0. The molecule has 3 heteroatoms. The first-order valence-corrected chi connectivity index (χ1v) is 7.23. The van der Waals surface area contributed by atoms with Crippen molar-refractivity contribution in [2.24, 2.45) is 0 Å². The minimum atomic E-state index is 0.446. The summed E-state index contributed by atoms with van der Waals surface area (Å²) in [6, 6.07) is 9.13. The van der Waals surface area contributed by atoms with Gasteiger partial charge in [-0.3, -0.25) is 4.90 Å². The summed E-state index contributed by atoms with van der Waals surface area (Å²) in [6.45, 7) is 11.3. The average molecular weight is 264 g/mol. The lowest BCUT2D eigenvalue weighted by Gasteiger charge is -2.28. The number of benzene rings is 1. The van der Waals surface area contributed by atoms with Gasteiger partial charge in [-0.1, -0.05) is 38.1 Å². The Kier molecular flexibility index (Phi) is 7.72. The number of hydrogen-bond acceptors (Lipinski definition) is 3. The largest absolute Gasteiger partial charge is 0.383 e. The summed E-state index contributed by atoms with van der Waals surface area (Å²) in [4.78, 5) is 2.45. The van der Waals surface area contributed by atoms with Gasteiger partial charge in [0.1, 0.15) is 0 Å². The molecule has 0 amide bonds. The number of rotatable bonds is 9. The van der Waals surface area contributed by atoms with Crippen molar-refractivity contribution in [2.45, 2.75) is 39.9 Å². The first-order chi connectivity index (χ1) is 9.22. The van der Waals surface area contributed by atoms with Crippen LogP contribution in [0.25, 0.3) is 0 Å². The van der Waals surface area contributed by atoms with E-state index in [0.29, 0.717) is 6.04 Å². The van der Waals surface area contributed by atoms with Gasteiger partial charge < -0.3 is 10.1 Å². The summed E-state index contributed by atoms with van der Waals surface area (Å²) in [5.41, 5.74) is 2.81. The molecule has 0 spiro atoms. The van der Waals surface area contributed by atoms with Crippen LogP contribution in [0, 0.1) is 0 Å². The Bertz CT molecular complexity index is 354. The van der Waals surface area contributed by atoms with Crippen LogP contribution >= 0.6 is 0 Å². The van der Waals surface area contributed by atoms with Crippen LogP contribution in [0.15, 0.2) is 24.3 Å². The van der Waals surface area contributed by atoms with E-state index in [4.69, 9.17) is 4.74 Å². The molecule has 0 aliphatic rings. The lowest BCUT2D eigenvalue weighted by atomic mass is 10.1. The summed E-state index contributed by atoms with van der Waals surface area (Å²) in [5.74, 6) is 0. The fourth-order valence-corrected chi connectivity index (χ4v) is 2.29. The van der Waals surface area contributed by atoms with E-state index in [1.165, 1.54) is 11.1 Å². The minimum absolute atomic E-state index is 0.446. The van der Waals surface area contributed by atoms with Crippen molar-refractivity contribution in [1.82, 2.24) is 10.2 Å². The van der Waals surface area contributed by atoms with Crippen LogP contribution in [0.4, 0.5) is 0 Å². The molecule has 1 aromatic rings. The molecule has 1 atom stereocenters. The second-order valence-corrected chi connectivity index (χ2v) is 4.92. The van der Waals surface area contributed by atoms with E-state index in [-0.39, 0.29) is 0 Å². The maximum atomic E-state index is 5.27. The fraction of sp³-hybridized carbons (Fsp3) is 0.625. The summed E-state index contributed by atoms with van der Waals surface area (Å²) in [7, 11) is 1.77. The van der Waals surface area contributed by atoms with Gasteiger partial charge in [0.2, 0.25) is 0 Å². The molecule has 0 saturated carbocycles. The van der Waals surface area contributed by atoms with E-state index >= 15 is 0 Å². The van der Waals surface area contributed by atoms with E-state index < -0.39 is 0 Å². The Morgan fingerprint density at radius 2 is 1.89 bits per heavy atom. The zero-order chi connectivity index (χ0) is 14.1. The predicted molar refractivity (Wildman–Crippen MR) is 81.2 cm³/mol. The zero-order valence-corrected chi connectivity index (χ0v) is 12.8. The van der Waals surface area contributed by atoms with E-state index in [1.54, 1.807) is 7.11 Å². The molecule has 1 N–H and O–H groups in total. The highest BCUT2D eigenvalue weighted by molar-refractivity contribution is 5.27. The molecule has 0 heterocycles. The molecule has 19 heavy (non-hydrogen) atoms. The van der Waals surface area contributed by atoms with E-state index in [1.807, 2.05) is 0 Å². The number of methoxy groups -OCH3 is 1. The second-order valence-electron chi connectivity index (χ2n) is 4.92. The van der Waals surface area contributed by atoms with Crippen LogP contribution in [0.3, 0.4) is 0 Å². The first-order valence-electron chi connectivity index (χ1n) is 7.23. The Morgan fingerprint density at radius 1 is 1.21 bits per heavy atom. The van der Waals surface area contributed by atoms with Crippen molar-refractivity contribution in [1.29, 1.82) is 0 Å². The van der Waals surface area contributed by atoms with Crippen molar-refractivity contribution in [3.63, 3.8) is 0 Å². The molecule has 0 saturated heterocycles. The summed E-state index contributed by atoms with van der Waals surface area (Å²) >= 11 is 0. The lowest BCUT2D eigenvalue weighted by Crippen LogP contribution is -2.35.